The van der Waals surface area contributed by atoms with E-state index in [4.69, 9.17) is 4.98 Å². The van der Waals surface area contributed by atoms with Gasteiger partial charge in [-0.2, -0.15) is 5.10 Å². The number of nitrogens with one attached hydrogen (secondary N) is 2. The molecule has 10 heteroatoms. The summed E-state index contributed by atoms with van der Waals surface area (Å²) in [4.78, 5) is 30.3. The van der Waals surface area contributed by atoms with E-state index in [1.807, 2.05) is 55.5 Å². The topological polar surface area (TPSA) is 110 Å². The maximum Gasteiger partial charge on any atom is 0.326 e. The summed E-state index contributed by atoms with van der Waals surface area (Å²) in [5.41, 5.74) is 2.90. The van der Waals surface area contributed by atoms with Crippen LogP contribution in [0.5, 0.6) is 0 Å². The molecule has 3 aromatic heterocycles. The fourth-order valence-electron chi connectivity index (χ4n) is 3.36. The maximum atomic E-state index is 12.0. The Morgan fingerprint density at radius 3 is 2.66 bits per heavy atom. The highest BCUT2D eigenvalue weighted by Crippen LogP contribution is 2.29. The van der Waals surface area contributed by atoms with Crippen molar-refractivity contribution in [2.24, 2.45) is 0 Å². The van der Waals surface area contributed by atoms with Crippen molar-refractivity contribution >= 4 is 45.8 Å². The lowest BCUT2D eigenvalue weighted by Crippen LogP contribution is -2.22. The van der Waals surface area contributed by atoms with E-state index in [-0.39, 0.29) is 5.70 Å². The van der Waals surface area contributed by atoms with E-state index < -0.39 is 22.7 Å². The van der Waals surface area contributed by atoms with Crippen molar-refractivity contribution in [3.8, 4) is 10.6 Å². The van der Waals surface area contributed by atoms with Crippen LogP contribution in [0, 0.1) is 6.92 Å². The van der Waals surface area contributed by atoms with Crippen molar-refractivity contribution in [1.82, 2.24) is 25.2 Å². The molecule has 1 saturated heterocycles. The normalized spacial score (nSPS) is 15.8. The molecule has 1 aromatic carbocycles. The van der Waals surface area contributed by atoms with Gasteiger partial charge in [-0.3, -0.25) is 10.1 Å². The number of urea groups is 1. The molecule has 1 fully saturated rings. The fraction of sp³-hybridized carbons (Fsp3) is 0.0909. The summed E-state index contributed by atoms with van der Waals surface area (Å²) in [6, 6.07) is 15.1. The molecule has 1 atom stereocenters. The number of benzene rings is 1. The average Bonchev–Trinajstić information content (AvgIpc) is 3.47. The Hall–Kier alpha value is -3.63. The van der Waals surface area contributed by atoms with Gasteiger partial charge in [0.1, 0.15) is 11.4 Å². The Balaban J connectivity index is 1.64. The van der Waals surface area contributed by atoms with E-state index in [0.717, 1.165) is 15.3 Å². The number of fused-ring (bicyclic) bond motifs is 1. The van der Waals surface area contributed by atoms with Crippen LogP contribution in [-0.4, -0.2) is 30.7 Å². The summed E-state index contributed by atoms with van der Waals surface area (Å²) in [5, 5.41) is 9.70. The third-order valence-corrected chi connectivity index (χ3v) is 7.27. The van der Waals surface area contributed by atoms with Gasteiger partial charge in [-0.1, -0.05) is 30.3 Å². The van der Waals surface area contributed by atoms with E-state index in [0.29, 0.717) is 27.7 Å². The van der Waals surface area contributed by atoms with Crippen LogP contribution in [0.1, 0.15) is 16.0 Å². The number of hydrogen-bond donors (Lipinski definition) is 2. The zero-order chi connectivity index (χ0) is 22.2. The van der Waals surface area contributed by atoms with Crippen LogP contribution in [0.15, 0.2) is 65.5 Å². The number of rotatable bonds is 5. The Morgan fingerprint density at radius 2 is 1.97 bits per heavy atom. The van der Waals surface area contributed by atoms with Gasteiger partial charge in [-0.15, -0.1) is 11.3 Å². The molecule has 0 bridgehead atoms. The number of nitrogens with zero attached hydrogens (tertiary/aromatic N) is 3. The van der Waals surface area contributed by atoms with Crippen LogP contribution < -0.4 is 10.6 Å². The number of thiophene rings is 1. The highest BCUT2D eigenvalue weighted by molar-refractivity contribution is 7.84. The number of aromatic nitrogens is 3. The first-order valence-corrected chi connectivity index (χ1v) is 11.9. The minimum absolute atomic E-state index is 0.123. The lowest BCUT2D eigenvalue weighted by Gasteiger charge is -2.05. The quantitative estimate of drug-likeness (QED) is 0.204. The molecular formula is C22H18N5O3S2+. The number of aryl methyl sites for hydroxylation is 1. The summed E-state index contributed by atoms with van der Waals surface area (Å²) in [6.07, 6.45) is 3.11. The van der Waals surface area contributed by atoms with Crippen molar-refractivity contribution in [1.29, 1.82) is 0 Å². The average molecular weight is 465 g/mol. The van der Waals surface area contributed by atoms with E-state index in [1.165, 1.54) is 6.08 Å². The molecule has 0 radical (unpaired) electrons. The first-order valence-electron chi connectivity index (χ1n) is 9.71. The van der Waals surface area contributed by atoms with Crippen LogP contribution in [0.4, 0.5) is 4.79 Å². The second kappa shape index (κ2) is 8.13. The maximum absolute atomic E-state index is 12.0. The lowest BCUT2D eigenvalue weighted by molar-refractivity contribution is -0.115. The molecule has 1 unspecified atom stereocenters. The summed E-state index contributed by atoms with van der Waals surface area (Å²) in [6.45, 7) is 2.02. The van der Waals surface area contributed by atoms with Crippen LogP contribution in [0.3, 0.4) is 0 Å². The minimum atomic E-state index is -1.14. The second-order valence-corrected chi connectivity index (χ2v) is 9.91. The Labute approximate surface area is 189 Å². The molecule has 4 aromatic rings. The van der Waals surface area contributed by atoms with Crippen molar-refractivity contribution in [2.45, 2.75) is 17.7 Å². The number of carbonyl (C=O) groups excluding carboxylic acids is 2. The number of carbonyl (C=O) groups is 2. The molecule has 0 spiro atoms. The molecule has 160 valence electrons. The van der Waals surface area contributed by atoms with Gasteiger partial charge in [-0.25, -0.2) is 18.5 Å². The molecular weight excluding hydrogens is 446 g/mol. The molecule has 3 amide bonds. The summed E-state index contributed by atoms with van der Waals surface area (Å²) in [5.74, 6) is -0.0666. The SMILES string of the molecule is Cc1ccc(-c2cc(S(=[OH+])Cc3ccccc3)n3ncc(/C=C4\NC(=O)NC4=O)c3n2)s1. The van der Waals surface area contributed by atoms with Crippen molar-refractivity contribution in [3.05, 3.63) is 76.4 Å². The van der Waals surface area contributed by atoms with E-state index in [2.05, 4.69) is 15.7 Å². The minimum Gasteiger partial charge on any atom is -0.303 e. The molecule has 3 N–H and O–H groups in total. The van der Waals surface area contributed by atoms with Crippen molar-refractivity contribution < 1.29 is 13.8 Å². The largest absolute Gasteiger partial charge is 0.326 e. The molecule has 32 heavy (non-hydrogen) atoms. The number of imide groups is 1. The van der Waals surface area contributed by atoms with Crippen LogP contribution in [-0.2, 0) is 21.3 Å². The smallest absolute Gasteiger partial charge is 0.303 e. The summed E-state index contributed by atoms with van der Waals surface area (Å²) in [7, 11) is -1.14. The molecule has 0 aliphatic carbocycles. The van der Waals surface area contributed by atoms with Gasteiger partial charge in [0, 0.05) is 16.5 Å². The monoisotopic (exact) mass is 464 g/mol. The molecule has 0 saturated carbocycles. The van der Waals surface area contributed by atoms with Gasteiger partial charge in [0.15, 0.2) is 10.7 Å². The Morgan fingerprint density at radius 1 is 1.16 bits per heavy atom. The predicted octanol–water partition coefficient (Wildman–Crippen LogP) is 3.41. The zero-order valence-corrected chi connectivity index (χ0v) is 18.5. The van der Waals surface area contributed by atoms with Gasteiger partial charge in [0.2, 0.25) is 10.8 Å². The molecule has 4 heterocycles. The predicted molar refractivity (Wildman–Crippen MR) is 123 cm³/mol. The van der Waals surface area contributed by atoms with Crippen LogP contribution in [0.25, 0.3) is 22.3 Å². The van der Waals surface area contributed by atoms with Gasteiger partial charge >= 0.3 is 6.03 Å². The highest BCUT2D eigenvalue weighted by atomic mass is 32.2. The third kappa shape index (κ3) is 3.85. The van der Waals surface area contributed by atoms with Gasteiger partial charge in [0.05, 0.1) is 16.8 Å². The highest BCUT2D eigenvalue weighted by Gasteiger charge is 2.25. The summed E-state index contributed by atoms with van der Waals surface area (Å²) < 4.78 is 12.7. The van der Waals surface area contributed by atoms with Crippen molar-refractivity contribution in [2.75, 3.05) is 0 Å². The summed E-state index contributed by atoms with van der Waals surface area (Å²) >= 11 is 1.61. The van der Waals surface area contributed by atoms with Gasteiger partial charge in [0.25, 0.3) is 5.91 Å². The lowest BCUT2D eigenvalue weighted by atomic mass is 10.2. The Bertz CT molecular complexity index is 1420. The first kappa shape index (κ1) is 20.3. The standard InChI is InChI=1S/C22H17N5O3S2/c1-13-7-8-18(31-13)16-10-19(32(30)12-14-5-3-2-4-6-14)27-20(24-16)15(11-23-27)9-17-21(28)26-22(29)25-17/h2-11H,12H2,1H3,(H2,25,26,28,29)/p+1/b17-9-. The molecule has 8 nitrogen and oxygen atoms in total. The van der Waals surface area contributed by atoms with Gasteiger partial charge < -0.3 is 5.32 Å². The van der Waals surface area contributed by atoms with E-state index in [9.17, 15) is 13.8 Å². The second-order valence-electron chi connectivity index (χ2n) is 7.19. The van der Waals surface area contributed by atoms with E-state index in [1.54, 1.807) is 22.0 Å². The molecule has 5 rings (SSSR count). The molecule has 1 aliphatic rings. The van der Waals surface area contributed by atoms with Crippen LogP contribution >= 0.6 is 11.3 Å². The first-order chi connectivity index (χ1) is 15.5. The van der Waals surface area contributed by atoms with E-state index >= 15 is 0 Å². The third-order valence-electron chi connectivity index (χ3n) is 4.87. The zero-order valence-electron chi connectivity index (χ0n) is 16.9. The van der Waals surface area contributed by atoms with Crippen molar-refractivity contribution in [3.63, 3.8) is 0 Å². The Kier molecular flexibility index (Phi) is 5.16. The van der Waals surface area contributed by atoms with Gasteiger partial charge in [-0.05, 0) is 30.7 Å². The van der Waals surface area contributed by atoms with Crippen LogP contribution in [0.2, 0.25) is 0 Å². The fourth-order valence-corrected chi connectivity index (χ4v) is 5.43. The molecule has 1 aliphatic heterocycles. The number of hydrogen-bond acceptors (Lipinski definition) is 5. The number of amides is 3.